The first-order chi connectivity index (χ1) is 13.2. The van der Waals surface area contributed by atoms with Crippen molar-refractivity contribution >= 4 is 28.3 Å². The lowest BCUT2D eigenvalue weighted by atomic mass is 10.2. The van der Waals surface area contributed by atoms with Gasteiger partial charge in [-0.1, -0.05) is 12.1 Å². The summed E-state index contributed by atoms with van der Waals surface area (Å²) < 4.78 is 10.0. The van der Waals surface area contributed by atoms with Crippen molar-refractivity contribution < 1.29 is 14.2 Å². The number of anilines is 2. The number of carbonyl (C=O) groups excluding carboxylic acids is 1. The molecule has 0 bridgehead atoms. The Morgan fingerprint density at radius 3 is 2.78 bits per heavy atom. The molecule has 1 aromatic heterocycles. The highest BCUT2D eigenvalue weighted by Gasteiger charge is 2.20. The Balaban J connectivity index is 1.32. The summed E-state index contributed by atoms with van der Waals surface area (Å²) in [4.78, 5) is 16.9. The number of hydrogen-bond donors (Lipinski definition) is 1. The fourth-order valence-electron chi connectivity index (χ4n) is 3.27. The number of rotatable bonds is 5. The fraction of sp³-hybridized carbons (Fsp3) is 0.316. The number of amides is 1. The summed E-state index contributed by atoms with van der Waals surface area (Å²) in [5, 5.41) is 10.5. The first-order valence-electron chi connectivity index (χ1n) is 8.85. The largest absolute Gasteiger partial charge is 0.497 e. The molecular formula is C19H21N5O3. The van der Waals surface area contributed by atoms with Crippen LogP contribution in [0.25, 0.3) is 11.0 Å². The number of ether oxygens (including phenoxy) is 1. The average Bonchev–Trinajstić information content (AvgIpc) is 3.18. The number of fused-ring (bicyclic) bond motifs is 1. The van der Waals surface area contributed by atoms with Gasteiger partial charge in [-0.25, -0.2) is 4.63 Å². The minimum atomic E-state index is -0.0691. The van der Waals surface area contributed by atoms with Crippen molar-refractivity contribution in [3.8, 4) is 5.75 Å². The predicted molar refractivity (Wildman–Crippen MR) is 102 cm³/mol. The molecule has 1 aliphatic rings. The lowest BCUT2D eigenvalue weighted by Gasteiger charge is -2.35. The third-order valence-corrected chi connectivity index (χ3v) is 4.72. The molecule has 8 heteroatoms. The molecule has 0 spiro atoms. The van der Waals surface area contributed by atoms with E-state index in [-0.39, 0.29) is 5.91 Å². The molecule has 0 unspecified atom stereocenters. The van der Waals surface area contributed by atoms with Gasteiger partial charge in [0.05, 0.1) is 19.3 Å². The molecule has 1 amide bonds. The molecule has 2 heterocycles. The van der Waals surface area contributed by atoms with Crippen LogP contribution in [-0.2, 0) is 4.79 Å². The quantitative estimate of drug-likeness (QED) is 0.738. The number of piperazine rings is 1. The monoisotopic (exact) mass is 367 g/mol. The summed E-state index contributed by atoms with van der Waals surface area (Å²) in [6.07, 6.45) is 0. The first kappa shape index (κ1) is 17.3. The van der Waals surface area contributed by atoms with Crippen molar-refractivity contribution in [3.63, 3.8) is 0 Å². The van der Waals surface area contributed by atoms with E-state index >= 15 is 0 Å². The molecule has 0 radical (unpaired) electrons. The smallest absolute Gasteiger partial charge is 0.238 e. The van der Waals surface area contributed by atoms with E-state index in [2.05, 4.69) is 31.5 Å². The van der Waals surface area contributed by atoms with Crippen molar-refractivity contribution in [1.29, 1.82) is 0 Å². The van der Waals surface area contributed by atoms with Crippen LogP contribution in [0.2, 0.25) is 0 Å². The normalized spacial score (nSPS) is 15.1. The summed E-state index contributed by atoms with van der Waals surface area (Å²) in [5.41, 5.74) is 2.95. The molecule has 1 saturated heterocycles. The zero-order chi connectivity index (χ0) is 18.6. The topological polar surface area (TPSA) is 83.7 Å². The Hall–Kier alpha value is -3.13. The van der Waals surface area contributed by atoms with E-state index in [1.807, 2.05) is 24.3 Å². The number of methoxy groups -OCH3 is 1. The van der Waals surface area contributed by atoms with E-state index in [1.165, 1.54) is 0 Å². The number of carbonyl (C=O) groups is 1. The third-order valence-electron chi connectivity index (χ3n) is 4.72. The van der Waals surface area contributed by atoms with Crippen LogP contribution in [0.4, 0.5) is 11.4 Å². The maximum Gasteiger partial charge on any atom is 0.238 e. The van der Waals surface area contributed by atoms with Crippen LogP contribution in [-0.4, -0.2) is 61.0 Å². The number of aromatic nitrogens is 2. The van der Waals surface area contributed by atoms with Gasteiger partial charge in [0.15, 0.2) is 5.52 Å². The van der Waals surface area contributed by atoms with E-state index in [4.69, 9.17) is 9.37 Å². The summed E-state index contributed by atoms with van der Waals surface area (Å²) in [7, 11) is 1.67. The number of nitrogens with zero attached hydrogens (tertiary/aromatic N) is 4. The Bertz CT molecular complexity index is 934. The van der Waals surface area contributed by atoms with Gasteiger partial charge in [-0.2, -0.15) is 0 Å². The van der Waals surface area contributed by atoms with Crippen molar-refractivity contribution in [2.24, 2.45) is 0 Å². The Morgan fingerprint density at radius 1 is 1.15 bits per heavy atom. The number of benzene rings is 2. The molecule has 8 nitrogen and oxygen atoms in total. The highest BCUT2D eigenvalue weighted by molar-refractivity contribution is 5.99. The van der Waals surface area contributed by atoms with Crippen LogP contribution >= 0.6 is 0 Å². The van der Waals surface area contributed by atoms with Gasteiger partial charge >= 0.3 is 0 Å². The minimum absolute atomic E-state index is 0.0691. The maximum atomic E-state index is 12.4. The zero-order valence-electron chi connectivity index (χ0n) is 15.1. The molecule has 1 N–H and O–H groups in total. The van der Waals surface area contributed by atoms with Crippen LogP contribution in [0.5, 0.6) is 5.75 Å². The van der Waals surface area contributed by atoms with Crippen molar-refractivity contribution in [2.45, 2.75) is 0 Å². The summed E-state index contributed by atoms with van der Waals surface area (Å²) in [5.74, 6) is 0.783. The molecule has 0 saturated carbocycles. The van der Waals surface area contributed by atoms with E-state index in [0.717, 1.165) is 37.6 Å². The SMILES string of the molecule is COc1cccc(N2CCN(CC(=O)Nc3cccc4nonc34)CC2)c1. The second-order valence-corrected chi connectivity index (χ2v) is 6.45. The number of hydrogen-bond acceptors (Lipinski definition) is 7. The van der Waals surface area contributed by atoms with Crippen LogP contribution in [0, 0.1) is 0 Å². The van der Waals surface area contributed by atoms with Crippen molar-refractivity contribution in [2.75, 3.05) is 50.1 Å². The van der Waals surface area contributed by atoms with Crippen LogP contribution in [0.15, 0.2) is 47.1 Å². The van der Waals surface area contributed by atoms with Crippen molar-refractivity contribution in [1.82, 2.24) is 15.2 Å². The summed E-state index contributed by atoms with van der Waals surface area (Å²) in [6.45, 7) is 3.71. The standard InChI is InChI=1S/C19H21N5O3/c1-26-15-5-2-4-14(12-15)24-10-8-23(9-11-24)13-18(25)20-16-6-3-7-17-19(16)22-27-21-17/h2-7,12H,8-11,13H2,1H3,(H,20,25). The van der Waals surface area contributed by atoms with Gasteiger partial charge < -0.3 is 15.0 Å². The molecule has 140 valence electrons. The second kappa shape index (κ2) is 7.63. The Labute approximate surface area is 156 Å². The third kappa shape index (κ3) is 3.85. The molecule has 1 aliphatic heterocycles. The van der Waals surface area contributed by atoms with Gasteiger partial charge in [0, 0.05) is 37.9 Å². The maximum absolute atomic E-state index is 12.4. The predicted octanol–water partition coefficient (Wildman–Crippen LogP) is 1.99. The first-order valence-corrected chi connectivity index (χ1v) is 8.85. The zero-order valence-corrected chi connectivity index (χ0v) is 15.1. The van der Waals surface area contributed by atoms with Crippen LogP contribution in [0.1, 0.15) is 0 Å². The molecule has 4 rings (SSSR count). The molecule has 1 fully saturated rings. The van der Waals surface area contributed by atoms with Gasteiger partial charge in [-0.3, -0.25) is 9.69 Å². The van der Waals surface area contributed by atoms with Gasteiger partial charge in [-0.15, -0.1) is 0 Å². The molecule has 3 aromatic rings. The second-order valence-electron chi connectivity index (χ2n) is 6.45. The molecule has 0 aliphatic carbocycles. The minimum Gasteiger partial charge on any atom is -0.497 e. The highest BCUT2D eigenvalue weighted by atomic mass is 16.6. The van der Waals surface area contributed by atoms with Gasteiger partial charge in [0.25, 0.3) is 0 Å². The highest BCUT2D eigenvalue weighted by Crippen LogP contribution is 2.22. The van der Waals surface area contributed by atoms with Gasteiger partial charge in [-0.05, 0) is 34.6 Å². The average molecular weight is 367 g/mol. The molecule has 0 atom stereocenters. The molecule has 2 aromatic carbocycles. The summed E-state index contributed by atoms with van der Waals surface area (Å²) >= 11 is 0. The van der Waals surface area contributed by atoms with E-state index in [1.54, 1.807) is 19.2 Å². The van der Waals surface area contributed by atoms with Gasteiger partial charge in [0.1, 0.15) is 11.3 Å². The van der Waals surface area contributed by atoms with Crippen LogP contribution in [0.3, 0.4) is 0 Å². The number of nitrogens with one attached hydrogen (secondary N) is 1. The lowest BCUT2D eigenvalue weighted by Crippen LogP contribution is -2.48. The van der Waals surface area contributed by atoms with E-state index in [9.17, 15) is 4.79 Å². The van der Waals surface area contributed by atoms with Gasteiger partial charge in [0.2, 0.25) is 5.91 Å². The molecular weight excluding hydrogens is 346 g/mol. The lowest BCUT2D eigenvalue weighted by molar-refractivity contribution is -0.117. The van der Waals surface area contributed by atoms with Crippen molar-refractivity contribution in [3.05, 3.63) is 42.5 Å². The van der Waals surface area contributed by atoms with E-state index in [0.29, 0.717) is 23.3 Å². The Kier molecular flexibility index (Phi) is 4.88. The van der Waals surface area contributed by atoms with Crippen LogP contribution < -0.4 is 15.0 Å². The van der Waals surface area contributed by atoms with E-state index < -0.39 is 0 Å². The molecule has 27 heavy (non-hydrogen) atoms. The summed E-state index contributed by atoms with van der Waals surface area (Å²) in [6, 6.07) is 13.5. The fourth-order valence-corrected chi connectivity index (χ4v) is 3.27. The Morgan fingerprint density at radius 2 is 1.96 bits per heavy atom.